The van der Waals surface area contributed by atoms with Crippen molar-refractivity contribution in [3.63, 3.8) is 0 Å². The predicted molar refractivity (Wildman–Crippen MR) is 188 cm³/mol. The summed E-state index contributed by atoms with van der Waals surface area (Å²) in [6.45, 7) is 4.68. The second kappa shape index (κ2) is 9.70. The molecular weight excluding hydrogens is 544 g/mol. The number of aromatic nitrogens is 2. The van der Waals surface area contributed by atoms with Crippen molar-refractivity contribution in [1.82, 2.24) is 9.97 Å². The van der Waals surface area contributed by atoms with Gasteiger partial charge in [0.05, 0.1) is 11.0 Å². The van der Waals surface area contributed by atoms with Gasteiger partial charge in [-0.2, -0.15) is 0 Å². The molecule has 0 fully saturated rings. The van der Waals surface area contributed by atoms with E-state index in [1.807, 2.05) is 0 Å². The van der Waals surface area contributed by atoms with Crippen LogP contribution in [-0.2, 0) is 5.41 Å². The molecule has 0 atom stereocenters. The maximum absolute atomic E-state index is 4.72. The highest BCUT2D eigenvalue weighted by atomic mass is 14.8. The van der Waals surface area contributed by atoms with Crippen molar-refractivity contribution in [2.24, 2.45) is 0 Å². The van der Waals surface area contributed by atoms with Gasteiger partial charge < -0.3 is 0 Å². The fourth-order valence-electron chi connectivity index (χ4n) is 7.45. The Hall–Kier alpha value is -5.60. The first kappa shape index (κ1) is 25.9. The number of rotatable bonds is 3. The summed E-state index contributed by atoms with van der Waals surface area (Å²) < 4.78 is 0. The van der Waals surface area contributed by atoms with Gasteiger partial charge in [-0.25, -0.2) is 0 Å². The lowest BCUT2D eigenvalue weighted by Gasteiger charge is -2.22. The standard InChI is InChI=1S/C43H30N2/c1-43(2)39-16-6-5-14-34(39)35-19-17-32(26-40(35)43)30-12-8-10-28(24-30)27-9-7-11-29(23-27)31-18-20-37-38(25-31)33-13-3-4-15-36(33)41-42(37)45-22-21-44-41/h3-26H,1-2H3. The van der Waals surface area contributed by atoms with E-state index in [0.717, 1.165) is 21.8 Å². The smallest absolute Gasteiger partial charge is 0.0971 e. The van der Waals surface area contributed by atoms with Crippen LogP contribution in [-0.4, -0.2) is 9.97 Å². The van der Waals surface area contributed by atoms with Gasteiger partial charge in [0.2, 0.25) is 0 Å². The van der Waals surface area contributed by atoms with Gasteiger partial charge in [0, 0.05) is 28.6 Å². The van der Waals surface area contributed by atoms with E-state index in [9.17, 15) is 0 Å². The van der Waals surface area contributed by atoms with Gasteiger partial charge in [0.15, 0.2) is 0 Å². The third-order valence-electron chi connectivity index (χ3n) is 9.75. The third kappa shape index (κ3) is 3.96. The molecule has 1 aliphatic rings. The maximum Gasteiger partial charge on any atom is 0.0971 e. The molecule has 212 valence electrons. The van der Waals surface area contributed by atoms with E-state index in [0.29, 0.717) is 0 Å². The average molecular weight is 575 g/mol. The van der Waals surface area contributed by atoms with E-state index in [1.165, 1.54) is 66.4 Å². The van der Waals surface area contributed by atoms with Gasteiger partial charge in [-0.15, -0.1) is 0 Å². The van der Waals surface area contributed by atoms with Crippen molar-refractivity contribution >= 4 is 32.6 Å². The molecule has 7 aromatic carbocycles. The summed E-state index contributed by atoms with van der Waals surface area (Å²) in [5.74, 6) is 0. The molecule has 0 spiro atoms. The summed E-state index contributed by atoms with van der Waals surface area (Å²) in [6.07, 6.45) is 3.56. The minimum atomic E-state index is -0.0160. The second-order valence-corrected chi connectivity index (χ2v) is 12.7. The van der Waals surface area contributed by atoms with Crippen LogP contribution in [0.25, 0.3) is 77.1 Å². The number of hydrogen-bond acceptors (Lipinski definition) is 2. The molecule has 0 amide bonds. The monoisotopic (exact) mass is 574 g/mol. The van der Waals surface area contributed by atoms with E-state index in [2.05, 4.69) is 152 Å². The number of fused-ring (bicyclic) bond motifs is 9. The van der Waals surface area contributed by atoms with Crippen molar-refractivity contribution < 1.29 is 0 Å². The van der Waals surface area contributed by atoms with E-state index < -0.39 is 0 Å². The zero-order chi connectivity index (χ0) is 30.1. The van der Waals surface area contributed by atoms with Crippen molar-refractivity contribution in [3.8, 4) is 44.5 Å². The average Bonchev–Trinajstić information content (AvgIpc) is 3.34. The molecule has 8 aromatic rings. The topological polar surface area (TPSA) is 25.8 Å². The Balaban J connectivity index is 1.12. The van der Waals surface area contributed by atoms with Crippen molar-refractivity contribution in [2.45, 2.75) is 19.3 Å². The van der Waals surface area contributed by atoms with Gasteiger partial charge in [-0.05, 0) is 90.7 Å². The molecule has 0 radical (unpaired) electrons. The quantitative estimate of drug-likeness (QED) is 0.196. The second-order valence-electron chi connectivity index (χ2n) is 12.7. The SMILES string of the molecule is CC1(C)c2ccccc2-c2ccc(-c3cccc(-c4cccc(-c5ccc6c(c5)c5ccccc5c5nccnc65)c4)c3)cc21. The lowest BCUT2D eigenvalue weighted by Crippen LogP contribution is -2.14. The van der Waals surface area contributed by atoms with Crippen LogP contribution >= 0.6 is 0 Å². The molecule has 1 heterocycles. The van der Waals surface area contributed by atoms with Gasteiger partial charge in [0.25, 0.3) is 0 Å². The molecule has 0 N–H and O–H groups in total. The zero-order valence-corrected chi connectivity index (χ0v) is 25.3. The van der Waals surface area contributed by atoms with Crippen LogP contribution in [0.5, 0.6) is 0 Å². The fraction of sp³-hybridized carbons (Fsp3) is 0.0698. The van der Waals surface area contributed by atoms with E-state index >= 15 is 0 Å². The first-order valence-electron chi connectivity index (χ1n) is 15.6. The van der Waals surface area contributed by atoms with Crippen LogP contribution in [0.4, 0.5) is 0 Å². The third-order valence-corrected chi connectivity index (χ3v) is 9.75. The Bertz CT molecular complexity index is 2430. The molecule has 0 aliphatic heterocycles. The molecular formula is C43H30N2. The first-order chi connectivity index (χ1) is 22.1. The zero-order valence-electron chi connectivity index (χ0n) is 25.3. The Morgan fingerprint density at radius 3 is 1.58 bits per heavy atom. The van der Waals surface area contributed by atoms with Crippen LogP contribution in [0.15, 0.2) is 146 Å². The Morgan fingerprint density at radius 2 is 0.889 bits per heavy atom. The summed E-state index contributed by atoms with van der Waals surface area (Å²) in [5.41, 5.74) is 14.7. The summed E-state index contributed by atoms with van der Waals surface area (Å²) in [5, 5.41) is 4.66. The highest BCUT2D eigenvalue weighted by Gasteiger charge is 2.35. The highest BCUT2D eigenvalue weighted by Crippen LogP contribution is 2.49. The van der Waals surface area contributed by atoms with Gasteiger partial charge in [-0.1, -0.05) is 123 Å². The fourth-order valence-corrected chi connectivity index (χ4v) is 7.45. The molecule has 0 bridgehead atoms. The van der Waals surface area contributed by atoms with Crippen LogP contribution in [0.2, 0.25) is 0 Å². The Morgan fingerprint density at radius 1 is 0.378 bits per heavy atom. The molecule has 2 nitrogen and oxygen atoms in total. The van der Waals surface area contributed by atoms with Crippen molar-refractivity contribution in [2.75, 3.05) is 0 Å². The minimum Gasteiger partial charge on any atom is -0.252 e. The first-order valence-corrected chi connectivity index (χ1v) is 15.6. The summed E-state index contributed by atoms with van der Waals surface area (Å²) in [7, 11) is 0. The Kier molecular flexibility index (Phi) is 5.58. The molecule has 9 rings (SSSR count). The molecule has 45 heavy (non-hydrogen) atoms. The van der Waals surface area contributed by atoms with Crippen molar-refractivity contribution in [1.29, 1.82) is 0 Å². The number of nitrogens with zero attached hydrogens (tertiary/aromatic N) is 2. The lowest BCUT2D eigenvalue weighted by molar-refractivity contribution is 0.660. The molecule has 0 saturated carbocycles. The van der Waals surface area contributed by atoms with Gasteiger partial charge in [-0.3, -0.25) is 9.97 Å². The summed E-state index contributed by atoms with van der Waals surface area (Å²) in [6, 6.07) is 48.9. The molecule has 0 saturated heterocycles. The maximum atomic E-state index is 4.72. The van der Waals surface area contributed by atoms with Crippen LogP contribution in [0.1, 0.15) is 25.0 Å². The summed E-state index contributed by atoms with van der Waals surface area (Å²) in [4.78, 5) is 9.41. The van der Waals surface area contributed by atoms with E-state index in [4.69, 9.17) is 4.98 Å². The van der Waals surface area contributed by atoms with Crippen molar-refractivity contribution in [3.05, 3.63) is 157 Å². The molecule has 1 aromatic heterocycles. The van der Waals surface area contributed by atoms with Gasteiger partial charge in [0.1, 0.15) is 0 Å². The number of hydrogen-bond donors (Lipinski definition) is 0. The molecule has 0 unspecified atom stereocenters. The molecule has 1 aliphatic carbocycles. The van der Waals surface area contributed by atoms with E-state index in [1.54, 1.807) is 12.4 Å². The molecule has 2 heteroatoms. The minimum absolute atomic E-state index is 0.0160. The normalized spacial score (nSPS) is 13.3. The van der Waals surface area contributed by atoms with Crippen LogP contribution in [0, 0.1) is 0 Å². The predicted octanol–water partition coefficient (Wildman–Crippen LogP) is 11.2. The summed E-state index contributed by atoms with van der Waals surface area (Å²) >= 11 is 0. The van der Waals surface area contributed by atoms with Crippen LogP contribution < -0.4 is 0 Å². The highest BCUT2D eigenvalue weighted by molar-refractivity contribution is 6.23. The van der Waals surface area contributed by atoms with E-state index in [-0.39, 0.29) is 5.41 Å². The Labute approximate surface area is 262 Å². The number of benzene rings is 7. The largest absolute Gasteiger partial charge is 0.252 e. The lowest BCUT2D eigenvalue weighted by atomic mass is 9.81. The van der Waals surface area contributed by atoms with Gasteiger partial charge >= 0.3 is 0 Å². The van der Waals surface area contributed by atoms with Crippen LogP contribution in [0.3, 0.4) is 0 Å².